The van der Waals surface area contributed by atoms with Gasteiger partial charge < -0.3 is 0 Å². The summed E-state index contributed by atoms with van der Waals surface area (Å²) in [5, 5.41) is 2.62. The van der Waals surface area contributed by atoms with Gasteiger partial charge in [0.2, 0.25) is 0 Å². The van der Waals surface area contributed by atoms with E-state index in [0.29, 0.717) is 0 Å². The van der Waals surface area contributed by atoms with Crippen LogP contribution in [0.2, 0.25) is 0 Å². The van der Waals surface area contributed by atoms with Crippen LogP contribution in [0.1, 0.15) is 0 Å². The van der Waals surface area contributed by atoms with E-state index in [9.17, 15) is 0 Å². The summed E-state index contributed by atoms with van der Waals surface area (Å²) in [5.41, 5.74) is 0. The number of nitrogens with zero attached hydrogens (tertiary/aromatic N) is 2. The number of aliphatic imine (C=N–C) groups is 1. The zero-order valence-corrected chi connectivity index (χ0v) is 10.5. The highest BCUT2D eigenvalue weighted by Crippen LogP contribution is 2.11. The lowest BCUT2D eigenvalue weighted by atomic mass is 10.1. The maximum absolute atomic E-state index is 3.92. The summed E-state index contributed by atoms with van der Waals surface area (Å²) >= 11 is 3.22. The lowest BCUT2D eigenvalue weighted by Crippen LogP contribution is -2.02. The van der Waals surface area contributed by atoms with E-state index < -0.39 is 0 Å². The summed E-state index contributed by atoms with van der Waals surface area (Å²) in [4.78, 5) is 3.92. The molecule has 2 aromatic carbocycles. The molecule has 0 radical (unpaired) electrons. The van der Waals surface area contributed by atoms with Crippen LogP contribution in [-0.4, -0.2) is 23.4 Å². The van der Waals surface area contributed by atoms with Gasteiger partial charge in [0.1, 0.15) is 0 Å². The molecule has 1 aliphatic heterocycles. The molecule has 0 fully saturated rings. The summed E-state index contributed by atoms with van der Waals surface area (Å²) in [6.45, 7) is 1.95. The Labute approximate surface area is 104 Å². The molecule has 0 aromatic heterocycles. The molecule has 0 N–H and O–H groups in total. The first kappa shape index (κ1) is 11.1. The lowest BCUT2D eigenvalue weighted by molar-refractivity contribution is 0.770. The van der Waals surface area contributed by atoms with Crippen LogP contribution < -0.4 is 0 Å². The van der Waals surface area contributed by atoms with Crippen molar-refractivity contribution >= 4 is 33.3 Å². The van der Waals surface area contributed by atoms with Crippen molar-refractivity contribution in [2.45, 2.75) is 0 Å². The molecule has 0 amide bonds. The normalized spacial score (nSPS) is 13.7. The van der Waals surface area contributed by atoms with Crippen LogP contribution in [0.5, 0.6) is 0 Å². The number of fused-ring (bicyclic) bond motifs is 1. The molecule has 0 saturated heterocycles. The second-order valence-corrected chi connectivity index (χ2v) is 4.40. The second-order valence-electron chi connectivity index (χ2n) is 3.49. The molecule has 3 rings (SSSR count). The molecular weight excluding hydrogens is 264 g/mol. The molecule has 3 heteroatoms. The average Bonchev–Trinajstić information content (AvgIpc) is 2.81. The molecule has 0 aliphatic carbocycles. The van der Waals surface area contributed by atoms with Gasteiger partial charge in [-0.15, -0.1) is 0 Å². The van der Waals surface area contributed by atoms with Gasteiger partial charge in [-0.3, -0.25) is 8.92 Å². The monoisotopic (exact) mass is 276 g/mol. The first-order chi connectivity index (χ1) is 7.86. The van der Waals surface area contributed by atoms with Crippen molar-refractivity contribution in [3.05, 3.63) is 48.5 Å². The van der Waals surface area contributed by atoms with Crippen LogP contribution in [0.15, 0.2) is 53.5 Å². The fourth-order valence-electron chi connectivity index (χ4n) is 1.49. The maximum atomic E-state index is 3.92. The molecule has 1 heterocycles. The highest BCUT2D eigenvalue weighted by Gasteiger charge is 1.96. The number of hydrogen-bond acceptors (Lipinski definition) is 2. The Kier molecular flexibility index (Phi) is 3.94. The molecule has 16 heavy (non-hydrogen) atoms. The van der Waals surface area contributed by atoms with E-state index in [-0.39, 0.29) is 0 Å². The zero-order valence-electron chi connectivity index (χ0n) is 8.88. The topological polar surface area (TPSA) is 15.6 Å². The number of hydrogen-bond donors (Lipinski definition) is 0. The van der Waals surface area contributed by atoms with E-state index in [0.717, 1.165) is 13.1 Å². The van der Waals surface area contributed by atoms with Gasteiger partial charge in [0.15, 0.2) is 0 Å². The summed E-state index contributed by atoms with van der Waals surface area (Å²) < 4.78 is 1.88. The van der Waals surface area contributed by atoms with Gasteiger partial charge in [-0.1, -0.05) is 48.5 Å². The van der Waals surface area contributed by atoms with E-state index in [2.05, 4.69) is 69.7 Å². The standard InChI is InChI=1S/C10H8.C3H5BrN2/c1-2-6-10-8-4-3-7-9(10)5-1;4-6-2-1-5-3-6/h1-8H;3H,1-2H2. The number of rotatable bonds is 0. The predicted octanol–water partition coefficient (Wildman–Crippen LogP) is 3.48. The van der Waals surface area contributed by atoms with E-state index in [1.54, 1.807) is 6.34 Å². The summed E-state index contributed by atoms with van der Waals surface area (Å²) in [7, 11) is 0. The molecule has 2 nitrogen and oxygen atoms in total. The fraction of sp³-hybridized carbons (Fsp3) is 0.154. The summed E-state index contributed by atoms with van der Waals surface area (Å²) in [6.07, 6.45) is 1.78. The van der Waals surface area contributed by atoms with Gasteiger partial charge in [0, 0.05) is 0 Å². The van der Waals surface area contributed by atoms with Gasteiger partial charge in [-0.2, -0.15) is 0 Å². The molecule has 0 bridgehead atoms. The Morgan fingerprint density at radius 2 is 1.44 bits per heavy atom. The smallest absolute Gasteiger partial charge is 0.0950 e. The quantitative estimate of drug-likeness (QED) is 0.673. The average molecular weight is 277 g/mol. The van der Waals surface area contributed by atoms with E-state index in [4.69, 9.17) is 0 Å². The van der Waals surface area contributed by atoms with Gasteiger partial charge >= 0.3 is 0 Å². The number of halogens is 1. The minimum Gasteiger partial charge on any atom is -0.298 e. The maximum Gasteiger partial charge on any atom is 0.0950 e. The Morgan fingerprint density at radius 1 is 0.938 bits per heavy atom. The van der Waals surface area contributed by atoms with Gasteiger partial charge in [0.25, 0.3) is 0 Å². The molecular formula is C13H13BrN2. The molecule has 1 aliphatic rings. The first-order valence-electron chi connectivity index (χ1n) is 5.22. The Morgan fingerprint density at radius 3 is 1.69 bits per heavy atom. The molecule has 0 spiro atoms. The lowest BCUT2D eigenvalue weighted by Gasteiger charge is -1.95. The Hall–Kier alpha value is -1.35. The van der Waals surface area contributed by atoms with Crippen LogP contribution in [0.4, 0.5) is 0 Å². The highest BCUT2D eigenvalue weighted by molar-refractivity contribution is 9.07. The molecule has 2 aromatic rings. The third-order valence-electron chi connectivity index (χ3n) is 2.31. The first-order valence-corrected chi connectivity index (χ1v) is 5.93. The van der Waals surface area contributed by atoms with E-state index in [1.165, 1.54) is 10.8 Å². The molecule has 0 saturated carbocycles. The molecule has 82 valence electrons. The molecule has 0 atom stereocenters. The number of benzene rings is 2. The van der Waals surface area contributed by atoms with Crippen LogP contribution in [0.3, 0.4) is 0 Å². The minimum absolute atomic E-state index is 0.936. The van der Waals surface area contributed by atoms with Crippen LogP contribution in [-0.2, 0) is 0 Å². The summed E-state index contributed by atoms with van der Waals surface area (Å²) in [5.74, 6) is 0. The van der Waals surface area contributed by atoms with Crippen LogP contribution in [0, 0.1) is 0 Å². The fourth-order valence-corrected chi connectivity index (χ4v) is 1.78. The largest absolute Gasteiger partial charge is 0.298 e. The Balaban J connectivity index is 0.000000138. The van der Waals surface area contributed by atoms with Crippen molar-refractivity contribution in [2.24, 2.45) is 4.99 Å². The minimum atomic E-state index is 0.936. The third kappa shape index (κ3) is 3.07. The Bertz CT molecular complexity index is 417. The van der Waals surface area contributed by atoms with Crippen LogP contribution >= 0.6 is 16.1 Å². The highest BCUT2D eigenvalue weighted by atomic mass is 79.9. The van der Waals surface area contributed by atoms with Crippen molar-refractivity contribution < 1.29 is 0 Å². The van der Waals surface area contributed by atoms with Gasteiger partial charge in [-0.05, 0) is 10.8 Å². The zero-order chi connectivity index (χ0) is 11.2. The van der Waals surface area contributed by atoms with Crippen molar-refractivity contribution in [3.8, 4) is 0 Å². The van der Waals surface area contributed by atoms with Crippen molar-refractivity contribution in [3.63, 3.8) is 0 Å². The van der Waals surface area contributed by atoms with E-state index in [1.807, 2.05) is 3.93 Å². The SMILES string of the molecule is BrN1C=NCC1.c1ccc2ccccc2c1. The van der Waals surface area contributed by atoms with E-state index >= 15 is 0 Å². The third-order valence-corrected chi connectivity index (χ3v) is 2.85. The van der Waals surface area contributed by atoms with Gasteiger partial charge in [0.05, 0.1) is 35.6 Å². The predicted molar refractivity (Wildman–Crippen MR) is 72.9 cm³/mol. The van der Waals surface area contributed by atoms with Crippen molar-refractivity contribution in [1.29, 1.82) is 0 Å². The van der Waals surface area contributed by atoms with Crippen LogP contribution in [0.25, 0.3) is 10.8 Å². The second kappa shape index (κ2) is 5.66. The van der Waals surface area contributed by atoms with Crippen molar-refractivity contribution in [2.75, 3.05) is 13.1 Å². The molecule has 0 unspecified atom stereocenters. The van der Waals surface area contributed by atoms with Gasteiger partial charge in [-0.25, -0.2) is 0 Å². The van der Waals surface area contributed by atoms with Crippen molar-refractivity contribution in [1.82, 2.24) is 3.93 Å². The summed E-state index contributed by atoms with van der Waals surface area (Å²) in [6, 6.07) is 16.7.